The van der Waals surface area contributed by atoms with Gasteiger partial charge in [0.15, 0.2) is 0 Å². The molecule has 5 heteroatoms. The zero-order chi connectivity index (χ0) is 15.6. The van der Waals surface area contributed by atoms with E-state index in [9.17, 15) is 4.79 Å². The summed E-state index contributed by atoms with van der Waals surface area (Å²) >= 11 is 0. The molecule has 0 unspecified atom stereocenters. The van der Waals surface area contributed by atoms with Crippen molar-refractivity contribution in [2.24, 2.45) is 0 Å². The summed E-state index contributed by atoms with van der Waals surface area (Å²) in [4.78, 5) is 16.5. The van der Waals surface area contributed by atoms with E-state index < -0.39 is 0 Å². The van der Waals surface area contributed by atoms with Crippen molar-refractivity contribution in [3.05, 3.63) is 35.9 Å². The predicted octanol–water partition coefficient (Wildman–Crippen LogP) is 0.530. The minimum Gasteiger partial charge on any atom is -0.354 e. The van der Waals surface area contributed by atoms with Crippen molar-refractivity contribution >= 4 is 5.91 Å². The number of nitrogens with zero attached hydrogens (tertiary/aromatic N) is 2. The van der Waals surface area contributed by atoms with E-state index in [0.717, 1.165) is 45.8 Å². The lowest BCUT2D eigenvalue weighted by atomic mass is 10.2. The molecule has 2 rings (SSSR count). The first-order chi connectivity index (χ1) is 10.8. The zero-order valence-electron chi connectivity index (χ0n) is 13.6. The molecule has 22 heavy (non-hydrogen) atoms. The summed E-state index contributed by atoms with van der Waals surface area (Å²) in [7, 11) is 0. The Bertz CT molecular complexity index is 430. The minimum absolute atomic E-state index is 0.134. The number of amides is 1. The van der Waals surface area contributed by atoms with Crippen LogP contribution in [0.5, 0.6) is 0 Å². The van der Waals surface area contributed by atoms with Crippen LogP contribution >= 0.6 is 0 Å². The Morgan fingerprint density at radius 1 is 1.05 bits per heavy atom. The number of piperazine rings is 1. The van der Waals surface area contributed by atoms with E-state index in [1.165, 1.54) is 5.56 Å². The topological polar surface area (TPSA) is 47.6 Å². The van der Waals surface area contributed by atoms with Crippen molar-refractivity contribution < 1.29 is 4.79 Å². The van der Waals surface area contributed by atoms with Gasteiger partial charge in [0, 0.05) is 45.8 Å². The van der Waals surface area contributed by atoms with Crippen molar-refractivity contribution in [2.75, 3.05) is 52.4 Å². The lowest BCUT2D eigenvalue weighted by Crippen LogP contribution is -2.49. The van der Waals surface area contributed by atoms with Crippen LogP contribution in [0.1, 0.15) is 12.5 Å². The van der Waals surface area contributed by atoms with E-state index in [1.807, 2.05) is 0 Å². The first-order valence-electron chi connectivity index (χ1n) is 8.24. The molecule has 5 nitrogen and oxygen atoms in total. The van der Waals surface area contributed by atoms with E-state index in [1.54, 1.807) is 0 Å². The molecule has 0 aromatic heterocycles. The largest absolute Gasteiger partial charge is 0.354 e. The number of nitrogens with one attached hydrogen (secondary N) is 2. The normalized spacial score (nSPS) is 16.6. The first-order valence-corrected chi connectivity index (χ1v) is 8.24. The standard InChI is InChI=1S/C17H28N4O/c1-2-18-8-9-19-17(22)15-21-12-10-20(11-13-21)14-16-6-4-3-5-7-16/h3-7,18H,2,8-15H2,1H3,(H,19,22). The van der Waals surface area contributed by atoms with Crippen LogP contribution in [0.25, 0.3) is 0 Å². The number of benzene rings is 1. The Hall–Kier alpha value is -1.43. The fraction of sp³-hybridized carbons (Fsp3) is 0.588. The van der Waals surface area contributed by atoms with Crippen molar-refractivity contribution in [3.8, 4) is 0 Å². The lowest BCUT2D eigenvalue weighted by Gasteiger charge is -2.34. The highest BCUT2D eigenvalue weighted by Gasteiger charge is 2.18. The van der Waals surface area contributed by atoms with Crippen molar-refractivity contribution in [3.63, 3.8) is 0 Å². The molecule has 1 aromatic carbocycles. The summed E-state index contributed by atoms with van der Waals surface area (Å²) < 4.78 is 0. The summed E-state index contributed by atoms with van der Waals surface area (Å²) in [5.74, 6) is 0.134. The molecular formula is C17H28N4O. The Morgan fingerprint density at radius 2 is 1.73 bits per heavy atom. The molecule has 122 valence electrons. The van der Waals surface area contributed by atoms with Gasteiger partial charge in [0.2, 0.25) is 5.91 Å². The van der Waals surface area contributed by atoms with E-state index >= 15 is 0 Å². The van der Waals surface area contributed by atoms with Crippen LogP contribution in [0, 0.1) is 0 Å². The van der Waals surface area contributed by atoms with Gasteiger partial charge >= 0.3 is 0 Å². The number of rotatable bonds is 8. The molecule has 1 aliphatic heterocycles. The summed E-state index contributed by atoms with van der Waals surface area (Å²) in [6, 6.07) is 10.6. The summed E-state index contributed by atoms with van der Waals surface area (Å²) in [5, 5.41) is 6.16. The molecule has 0 aliphatic carbocycles. The van der Waals surface area contributed by atoms with Gasteiger partial charge in [0.1, 0.15) is 0 Å². The molecule has 0 saturated carbocycles. The van der Waals surface area contributed by atoms with E-state index in [-0.39, 0.29) is 5.91 Å². The van der Waals surface area contributed by atoms with Gasteiger partial charge in [-0.2, -0.15) is 0 Å². The molecule has 0 atom stereocenters. The van der Waals surface area contributed by atoms with Crippen molar-refractivity contribution in [1.82, 2.24) is 20.4 Å². The summed E-state index contributed by atoms with van der Waals surface area (Å²) in [5.41, 5.74) is 1.36. The fourth-order valence-corrected chi connectivity index (χ4v) is 2.67. The molecule has 0 bridgehead atoms. The number of carbonyl (C=O) groups is 1. The number of hydrogen-bond donors (Lipinski definition) is 2. The first kappa shape index (κ1) is 16.9. The number of hydrogen-bond acceptors (Lipinski definition) is 4. The fourth-order valence-electron chi connectivity index (χ4n) is 2.67. The average molecular weight is 304 g/mol. The van der Waals surface area contributed by atoms with Gasteiger partial charge in [-0.3, -0.25) is 14.6 Å². The van der Waals surface area contributed by atoms with E-state index in [0.29, 0.717) is 13.1 Å². The monoisotopic (exact) mass is 304 g/mol. The van der Waals surface area contributed by atoms with Crippen LogP contribution in [0.3, 0.4) is 0 Å². The zero-order valence-corrected chi connectivity index (χ0v) is 13.6. The van der Waals surface area contributed by atoms with Gasteiger partial charge in [0.05, 0.1) is 6.54 Å². The van der Waals surface area contributed by atoms with Crippen molar-refractivity contribution in [2.45, 2.75) is 13.5 Å². The van der Waals surface area contributed by atoms with Crippen LogP contribution in [0.2, 0.25) is 0 Å². The van der Waals surface area contributed by atoms with Gasteiger partial charge < -0.3 is 10.6 Å². The SMILES string of the molecule is CCNCCNC(=O)CN1CCN(Cc2ccccc2)CC1. The van der Waals surface area contributed by atoms with Crippen LogP contribution in [0.4, 0.5) is 0 Å². The Morgan fingerprint density at radius 3 is 2.41 bits per heavy atom. The smallest absolute Gasteiger partial charge is 0.234 e. The maximum Gasteiger partial charge on any atom is 0.234 e. The predicted molar refractivity (Wildman–Crippen MR) is 89.7 cm³/mol. The Labute approximate surface area is 133 Å². The quantitative estimate of drug-likeness (QED) is 0.688. The lowest BCUT2D eigenvalue weighted by molar-refractivity contribution is -0.122. The molecule has 1 amide bonds. The third-order valence-electron chi connectivity index (χ3n) is 3.96. The molecule has 0 radical (unpaired) electrons. The molecule has 0 spiro atoms. The van der Waals surface area contributed by atoms with Gasteiger partial charge in [-0.05, 0) is 12.1 Å². The van der Waals surface area contributed by atoms with Gasteiger partial charge in [-0.25, -0.2) is 0 Å². The molecule has 1 aliphatic rings. The molecule has 1 fully saturated rings. The van der Waals surface area contributed by atoms with Gasteiger partial charge in [-0.1, -0.05) is 37.3 Å². The minimum atomic E-state index is 0.134. The van der Waals surface area contributed by atoms with Crippen LogP contribution in [0.15, 0.2) is 30.3 Å². The van der Waals surface area contributed by atoms with Gasteiger partial charge in [0.25, 0.3) is 0 Å². The number of carbonyl (C=O) groups excluding carboxylic acids is 1. The second-order valence-electron chi connectivity index (χ2n) is 5.74. The second-order valence-corrected chi connectivity index (χ2v) is 5.74. The Kier molecular flexibility index (Phi) is 7.36. The third kappa shape index (κ3) is 6.13. The van der Waals surface area contributed by atoms with Gasteiger partial charge in [-0.15, -0.1) is 0 Å². The summed E-state index contributed by atoms with van der Waals surface area (Å²) in [6.07, 6.45) is 0. The molecule has 1 heterocycles. The average Bonchev–Trinajstić information content (AvgIpc) is 2.54. The highest BCUT2D eigenvalue weighted by molar-refractivity contribution is 5.78. The number of likely N-dealkylation sites (N-methyl/N-ethyl adjacent to an activating group) is 1. The molecule has 2 N–H and O–H groups in total. The highest BCUT2D eigenvalue weighted by Crippen LogP contribution is 2.08. The molecule has 1 saturated heterocycles. The van der Waals surface area contributed by atoms with E-state index in [4.69, 9.17) is 0 Å². The Balaban J connectivity index is 1.61. The third-order valence-corrected chi connectivity index (χ3v) is 3.96. The second kappa shape index (κ2) is 9.56. The van der Waals surface area contributed by atoms with Crippen LogP contribution in [-0.4, -0.2) is 68.1 Å². The van der Waals surface area contributed by atoms with Crippen LogP contribution < -0.4 is 10.6 Å². The maximum absolute atomic E-state index is 11.9. The highest BCUT2D eigenvalue weighted by atomic mass is 16.2. The molecular weight excluding hydrogens is 276 g/mol. The van der Waals surface area contributed by atoms with Crippen LogP contribution in [-0.2, 0) is 11.3 Å². The van der Waals surface area contributed by atoms with E-state index in [2.05, 4.69) is 57.7 Å². The van der Waals surface area contributed by atoms with Crippen molar-refractivity contribution in [1.29, 1.82) is 0 Å². The summed E-state index contributed by atoms with van der Waals surface area (Å²) in [6.45, 7) is 10.1. The molecule has 1 aromatic rings. The maximum atomic E-state index is 11.9.